The molecule has 1 aliphatic heterocycles. The van der Waals surface area contributed by atoms with E-state index in [1.54, 1.807) is 0 Å². The van der Waals surface area contributed by atoms with E-state index >= 15 is 0 Å². The maximum Gasteiger partial charge on any atom is 0.387 e. The summed E-state index contributed by atoms with van der Waals surface area (Å²) in [6, 6.07) is 11.4. The van der Waals surface area contributed by atoms with Gasteiger partial charge in [-0.3, -0.25) is 4.79 Å². The lowest BCUT2D eigenvalue weighted by Crippen LogP contribution is -2.28. The number of sulfonamides is 1. The normalized spacial score (nSPS) is 14.5. The Hall–Kier alpha value is -3.31. The van der Waals surface area contributed by atoms with E-state index in [-0.39, 0.29) is 16.3 Å². The fraction of sp³-hybridized carbons (Fsp3) is 0.273. The Labute approximate surface area is 189 Å². The first-order chi connectivity index (χ1) is 15.7. The van der Waals surface area contributed by atoms with Gasteiger partial charge < -0.3 is 14.8 Å². The Morgan fingerprint density at radius 1 is 1.09 bits per heavy atom. The fourth-order valence-electron chi connectivity index (χ4n) is 3.12. The van der Waals surface area contributed by atoms with Crippen LogP contribution in [0.5, 0.6) is 5.75 Å². The van der Waals surface area contributed by atoms with Gasteiger partial charge in [0.15, 0.2) is 6.61 Å². The second-order valence-electron chi connectivity index (χ2n) is 7.08. The second kappa shape index (κ2) is 11.0. The zero-order valence-electron chi connectivity index (χ0n) is 17.4. The van der Waals surface area contributed by atoms with Crippen molar-refractivity contribution in [3.8, 4) is 5.75 Å². The molecule has 0 bridgehead atoms. The van der Waals surface area contributed by atoms with E-state index in [0.717, 1.165) is 18.9 Å². The van der Waals surface area contributed by atoms with Gasteiger partial charge in [-0.2, -0.15) is 13.1 Å². The van der Waals surface area contributed by atoms with Gasteiger partial charge in [0.05, 0.1) is 4.90 Å². The minimum atomic E-state index is -3.62. The van der Waals surface area contributed by atoms with Gasteiger partial charge in [0.2, 0.25) is 10.0 Å². The molecule has 1 amide bonds. The van der Waals surface area contributed by atoms with Crippen LogP contribution in [-0.4, -0.2) is 50.9 Å². The second-order valence-corrected chi connectivity index (χ2v) is 9.01. The molecule has 0 unspecified atom stereocenters. The molecule has 2 aromatic rings. The molecule has 0 aliphatic carbocycles. The van der Waals surface area contributed by atoms with Crippen molar-refractivity contribution in [2.24, 2.45) is 0 Å². The van der Waals surface area contributed by atoms with Crippen LogP contribution in [0.15, 0.2) is 59.5 Å². The molecule has 1 heterocycles. The number of hydrogen-bond acceptors (Lipinski definition) is 6. The van der Waals surface area contributed by atoms with Crippen LogP contribution >= 0.6 is 0 Å². The minimum Gasteiger partial charge on any atom is -0.452 e. The minimum absolute atomic E-state index is 0.0151. The third kappa shape index (κ3) is 7.09. The lowest BCUT2D eigenvalue weighted by Gasteiger charge is -2.16. The first-order valence-corrected chi connectivity index (χ1v) is 11.5. The summed E-state index contributed by atoms with van der Waals surface area (Å²) in [5.41, 5.74) is 0.798. The van der Waals surface area contributed by atoms with Crippen molar-refractivity contribution >= 4 is 33.7 Å². The van der Waals surface area contributed by atoms with Gasteiger partial charge in [0, 0.05) is 24.9 Å². The van der Waals surface area contributed by atoms with Crippen LogP contribution in [0, 0.1) is 0 Å². The number of hydrogen-bond donors (Lipinski definition) is 1. The predicted octanol–water partition coefficient (Wildman–Crippen LogP) is 3.27. The van der Waals surface area contributed by atoms with E-state index in [2.05, 4.69) is 10.1 Å². The summed E-state index contributed by atoms with van der Waals surface area (Å²) < 4.78 is 60.1. The van der Waals surface area contributed by atoms with Crippen molar-refractivity contribution in [3.05, 3.63) is 60.2 Å². The molecule has 1 N–H and O–H groups in total. The average molecular weight is 480 g/mol. The fourth-order valence-corrected chi connectivity index (χ4v) is 4.68. The molecule has 33 heavy (non-hydrogen) atoms. The van der Waals surface area contributed by atoms with Gasteiger partial charge in [-0.15, -0.1) is 0 Å². The van der Waals surface area contributed by atoms with Gasteiger partial charge in [-0.25, -0.2) is 13.2 Å². The number of carbonyl (C=O) groups is 2. The number of halogens is 2. The van der Waals surface area contributed by atoms with Crippen LogP contribution < -0.4 is 10.1 Å². The Morgan fingerprint density at radius 2 is 1.79 bits per heavy atom. The number of nitrogens with zero attached hydrogens (tertiary/aromatic N) is 1. The summed E-state index contributed by atoms with van der Waals surface area (Å²) in [7, 11) is -3.62. The summed E-state index contributed by atoms with van der Waals surface area (Å²) in [6.07, 6.45) is 4.10. The molecule has 0 saturated carbocycles. The monoisotopic (exact) mass is 480 g/mol. The maximum absolute atomic E-state index is 12.6. The first-order valence-electron chi connectivity index (χ1n) is 10.0. The summed E-state index contributed by atoms with van der Waals surface area (Å²) in [5, 5.41) is 2.50. The van der Waals surface area contributed by atoms with E-state index in [4.69, 9.17) is 4.74 Å². The van der Waals surface area contributed by atoms with E-state index in [1.807, 2.05) is 0 Å². The zero-order valence-corrected chi connectivity index (χ0v) is 18.3. The molecule has 0 spiro atoms. The lowest BCUT2D eigenvalue weighted by molar-refractivity contribution is -0.142. The van der Waals surface area contributed by atoms with Crippen LogP contribution in [0.2, 0.25) is 0 Å². The Morgan fingerprint density at radius 3 is 2.45 bits per heavy atom. The summed E-state index contributed by atoms with van der Waals surface area (Å²) in [5.74, 6) is -1.44. The lowest BCUT2D eigenvalue weighted by atomic mass is 10.2. The maximum atomic E-state index is 12.6. The highest BCUT2D eigenvalue weighted by Gasteiger charge is 2.27. The van der Waals surface area contributed by atoms with Crippen LogP contribution in [0.4, 0.5) is 14.5 Å². The third-order valence-electron chi connectivity index (χ3n) is 4.68. The average Bonchev–Trinajstić information content (AvgIpc) is 3.33. The van der Waals surface area contributed by atoms with Crippen molar-refractivity contribution in [1.82, 2.24) is 4.31 Å². The Kier molecular flexibility index (Phi) is 8.12. The molecule has 2 aromatic carbocycles. The van der Waals surface area contributed by atoms with Gasteiger partial charge in [-0.05, 0) is 54.8 Å². The number of amides is 1. The van der Waals surface area contributed by atoms with Crippen molar-refractivity contribution in [2.45, 2.75) is 24.3 Å². The number of nitrogens with one attached hydrogen (secondary N) is 1. The first kappa shape index (κ1) is 24.3. The Bertz CT molecular complexity index is 1110. The van der Waals surface area contributed by atoms with E-state index in [1.165, 1.54) is 58.9 Å². The molecule has 11 heteroatoms. The highest BCUT2D eigenvalue weighted by atomic mass is 32.2. The molecule has 3 rings (SSSR count). The molecule has 8 nitrogen and oxygen atoms in total. The molecular weight excluding hydrogens is 458 g/mol. The van der Waals surface area contributed by atoms with E-state index < -0.39 is 35.1 Å². The molecule has 0 radical (unpaired) electrons. The van der Waals surface area contributed by atoms with Crippen molar-refractivity contribution < 1.29 is 36.3 Å². The Balaban J connectivity index is 1.50. The summed E-state index contributed by atoms with van der Waals surface area (Å²) in [4.78, 5) is 24.0. The standard InChI is InChI=1S/C22H22F2N2O6S/c23-22(24)32-18-9-6-16(7-10-18)8-11-21(28)31-15-20(27)25-17-4-3-5-19(14-17)33(29,30)26-12-1-2-13-26/h3-11,14,22H,1-2,12-13,15H2,(H,25,27)/b11-8+. The number of ether oxygens (including phenoxy) is 2. The molecule has 176 valence electrons. The van der Waals surface area contributed by atoms with Gasteiger partial charge in [0.1, 0.15) is 5.75 Å². The number of alkyl halides is 2. The van der Waals surface area contributed by atoms with Crippen molar-refractivity contribution in [2.75, 3.05) is 25.0 Å². The number of esters is 1. The van der Waals surface area contributed by atoms with Crippen LogP contribution in [0.1, 0.15) is 18.4 Å². The van der Waals surface area contributed by atoms with Crippen LogP contribution in [-0.2, 0) is 24.3 Å². The largest absolute Gasteiger partial charge is 0.452 e. The van der Waals surface area contributed by atoms with Gasteiger partial charge in [-0.1, -0.05) is 18.2 Å². The number of anilines is 1. The number of rotatable bonds is 9. The van der Waals surface area contributed by atoms with Crippen LogP contribution in [0.3, 0.4) is 0 Å². The quantitative estimate of drug-likeness (QED) is 0.437. The third-order valence-corrected chi connectivity index (χ3v) is 6.58. The molecule has 1 fully saturated rings. The smallest absolute Gasteiger partial charge is 0.387 e. The number of carbonyl (C=O) groups excluding carboxylic acids is 2. The molecule has 1 aliphatic rings. The number of benzene rings is 2. The zero-order chi connectivity index (χ0) is 23.8. The predicted molar refractivity (Wildman–Crippen MR) is 116 cm³/mol. The summed E-state index contributed by atoms with van der Waals surface area (Å²) in [6.45, 7) is -2.57. The van der Waals surface area contributed by atoms with E-state index in [9.17, 15) is 26.8 Å². The van der Waals surface area contributed by atoms with Crippen molar-refractivity contribution in [1.29, 1.82) is 0 Å². The molecule has 0 atom stereocenters. The van der Waals surface area contributed by atoms with Gasteiger partial charge in [0.25, 0.3) is 5.91 Å². The molecule has 0 aromatic heterocycles. The summed E-state index contributed by atoms with van der Waals surface area (Å²) >= 11 is 0. The SMILES string of the molecule is O=C(COC(=O)/C=C/c1ccc(OC(F)F)cc1)Nc1cccc(S(=O)(=O)N2CCCC2)c1. The van der Waals surface area contributed by atoms with Gasteiger partial charge >= 0.3 is 12.6 Å². The topological polar surface area (TPSA) is 102 Å². The van der Waals surface area contributed by atoms with E-state index in [0.29, 0.717) is 18.7 Å². The molecule has 1 saturated heterocycles. The highest BCUT2D eigenvalue weighted by molar-refractivity contribution is 7.89. The molecular formula is C22H22F2N2O6S. The van der Waals surface area contributed by atoms with Crippen molar-refractivity contribution in [3.63, 3.8) is 0 Å². The van der Waals surface area contributed by atoms with Crippen LogP contribution in [0.25, 0.3) is 6.08 Å². The highest BCUT2D eigenvalue weighted by Crippen LogP contribution is 2.23.